The van der Waals surface area contributed by atoms with Crippen molar-refractivity contribution in [1.82, 2.24) is 10.2 Å². The second-order valence-electron chi connectivity index (χ2n) is 7.28. The van der Waals surface area contributed by atoms with Crippen LogP contribution in [0.3, 0.4) is 0 Å². The number of carbonyl (C=O) groups excluding carboxylic acids is 1. The zero-order valence-corrected chi connectivity index (χ0v) is 16.0. The van der Waals surface area contributed by atoms with Crippen molar-refractivity contribution in [3.63, 3.8) is 0 Å². The van der Waals surface area contributed by atoms with E-state index in [0.29, 0.717) is 17.1 Å². The average Bonchev–Trinajstić information content (AvgIpc) is 3.43. The van der Waals surface area contributed by atoms with Crippen LogP contribution < -0.4 is 19.7 Å². The summed E-state index contributed by atoms with van der Waals surface area (Å²) in [6, 6.07) is 15.2. The van der Waals surface area contributed by atoms with Crippen LogP contribution in [-0.4, -0.2) is 36.0 Å². The summed E-state index contributed by atoms with van der Waals surface area (Å²) >= 11 is 0. The molecule has 0 radical (unpaired) electrons. The molecule has 1 aromatic heterocycles. The molecule has 0 atom stereocenters. The molecule has 3 heterocycles. The topological polar surface area (TPSA) is 79.5 Å². The maximum Gasteiger partial charge on any atom is 0.256 e. The SMILES string of the molecule is O=C(Nc1cc(-c2ccc3c(c2)OCO3)n[nH]1)c1ccc(N2CCCCC2)cc1. The number of amides is 1. The van der Waals surface area contributed by atoms with E-state index in [2.05, 4.69) is 20.4 Å². The van der Waals surface area contributed by atoms with Crippen molar-refractivity contribution in [2.75, 3.05) is 30.1 Å². The van der Waals surface area contributed by atoms with Crippen molar-refractivity contribution in [3.8, 4) is 22.8 Å². The third-order valence-electron chi connectivity index (χ3n) is 5.35. The number of ether oxygens (including phenoxy) is 2. The van der Waals surface area contributed by atoms with E-state index in [0.717, 1.165) is 30.1 Å². The van der Waals surface area contributed by atoms with Crippen LogP contribution in [0.5, 0.6) is 11.5 Å². The number of nitrogens with one attached hydrogen (secondary N) is 2. The predicted molar refractivity (Wildman–Crippen MR) is 111 cm³/mol. The number of carbonyl (C=O) groups is 1. The Balaban J connectivity index is 1.26. The standard InChI is InChI=1S/C22H22N4O3/c27-22(15-4-7-17(8-5-15)26-10-2-1-3-11-26)23-21-13-18(24-25-21)16-6-9-19-20(12-16)29-14-28-19/h4-9,12-13H,1-3,10-11,14H2,(H2,23,24,25,27). The fourth-order valence-electron chi connectivity index (χ4n) is 3.76. The highest BCUT2D eigenvalue weighted by molar-refractivity contribution is 6.04. The fourth-order valence-corrected chi connectivity index (χ4v) is 3.76. The molecule has 2 aromatic carbocycles. The lowest BCUT2D eigenvalue weighted by atomic mass is 10.1. The van der Waals surface area contributed by atoms with Gasteiger partial charge in [0, 0.05) is 36.0 Å². The van der Waals surface area contributed by atoms with Crippen LogP contribution in [-0.2, 0) is 0 Å². The van der Waals surface area contributed by atoms with Gasteiger partial charge in [0.05, 0.1) is 5.69 Å². The number of benzene rings is 2. The van der Waals surface area contributed by atoms with Crippen LogP contribution in [0.2, 0.25) is 0 Å². The molecule has 7 nitrogen and oxygen atoms in total. The zero-order chi connectivity index (χ0) is 19.6. The highest BCUT2D eigenvalue weighted by atomic mass is 16.7. The second kappa shape index (κ2) is 7.50. The van der Waals surface area contributed by atoms with Crippen LogP contribution in [0.1, 0.15) is 29.6 Å². The van der Waals surface area contributed by atoms with Crippen LogP contribution in [0.15, 0.2) is 48.5 Å². The number of hydrogen-bond donors (Lipinski definition) is 2. The van der Waals surface area contributed by atoms with Crippen LogP contribution in [0.4, 0.5) is 11.5 Å². The molecule has 2 aliphatic rings. The lowest BCUT2D eigenvalue weighted by molar-refractivity contribution is 0.102. The molecule has 5 rings (SSSR count). The monoisotopic (exact) mass is 390 g/mol. The summed E-state index contributed by atoms with van der Waals surface area (Å²) in [5.41, 5.74) is 3.40. The Bertz CT molecular complexity index is 1020. The van der Waals surface area contributed by atoms with Crippen molar-refractivity contribution >= 4 is 17.4 Å². The largest absolute Gasteiger partial charge is 0.454 e. The smallest absolute Gasteiger partial charge is 0.256 e. The highest BCUT2D eigenvalue weighted by Crippen LogP contribution is 2.35. The summed E-state index contributed by atoms with van der Waals surface area (Å²) in [5, 5.41) is 10.0. The quantitative estimate of drug-likeness (QED) is 0.703. The molecule has 1 saturated heterocycles. The first-order valence-electron chi connectivity index (χ1n) is 9.88. The van der Waals surface area contributed by atoms with Gasteiger partial charge in [-0.2, -0.15) is 5.10 Å². The van der Waals surface area contributed by atoms with Crippen molar-refractivity contribution in [1.29, 1.82) is 0 Å². The van der Waals surface area contributed by atoms with E-state index in [4.69, 9.17) is 9.47 Å². The maximum atomic E-state index is 12.6. The van der Waals surface area contributed by atoms with Gasteiger partial charge in [0.15, 0.2) is 11.5 Å². The lowest BCUT2D eigenvalue weighted by Gasteiger charge is -2.28. The molecular weight excluding hydrogens is 368 g/mol. The minimum atomic E-state index is -0.170. The van der Waals surface area contributed by atoms with Gasteiger partial charge in [-0.05, 0) is 61.7 Å². The van der Waals surface area contributed by atoms with Crippen molar-refractivity contribution in [3.05, 3.63) is 54.1 Å². The predicted octanol–water partition coefficient (Wildman–Crippen LogP) is 4.05. The first kappa shape index (κ1) is 17.6. The Hall–Kier alpha value is -3.48. The van der Waals surface area contributed by atoms with Gasteiger partial charge in [0.1, 0.15) is 5.82 Å². The van der Waals surface area contributed by atoms with E-state index in [9.17, 15) is 4.79 Å². The molecule has 7 heteroatoms. The van der Waals surface area contributed by atoms with E-state index < -0.39 is 0 Å². The van der Waals surface area contributed by atoms with Crippen molar-refractivity contribution in [2.24, 2.45) is 0 Å². The maximum absolute atomic E-state index is 12.6. The van der Waals surface area contributed by atoms with E-state index in [1.807, 2.05) is 42.5 Å². The number of H-pyrrole nitrogens is 1. The van der Waals surface area contributed by atoms with Crippen molar-refractivity contribution < 1.29 is 14.3 Å². The number of rotatable bonds is 4. The molecule has 0 saturated carbocycles. The number of fused-ring (bicyclic) bond motifs is 1. The fraction of sp³-hybridized carbons (Fsp3) is 0.273. The molecule has 0 bridgehead atoms. The Morgan fingerprint density at radius 1 is 0.966 bits per heavy atom. The van der Waals surface area contributed by atoms with E-state index in [1.165, 1.54) is 24.9 Å². The minimum Gasteiger partial charge on any atom is -0.454 e. The van der Waals surface area contributed by atoms with Gasteiger partial charge in [-0.1, -0.05) is 0 Å². The summed E-state index contributed by atoms with van der Waals surface area (Å²) in [6.07, 6.45) is 3.76. The second-order valence-corrected chi connectivity index (χ2v) is 7.28. The Kier molecular flexibility index (Phi) is 4.56. The number of hydrogen-bond acceptors (Lipinski definition) is 5. The highest BCUT2D eigenvalue weighted by Gasteiger charge is 2.16. The van der Waals surface area contributed by atoms with Gasteiger partial charge < -0.3 is 19.7 Å². The van der Waals surface area contributed by atoms with Crippen molar-refractivity contribution in [2.45, 2.75) is 19.3 Å². The van der Waals surface area contributed by atoms with Crippen LogP contribution in [0, 0.1) is 0 Å². The van der Waals surface area contributed by atoms with E-state index in [-0.39, 0.29) is 12.7 Å². The molecule has 2 aliphatic heterocycles. The van der Waals surface area contributed by atoms with Crippen LogP contribution in [0.25, 0.3) is 11.3 Å². The molecule has 29 heavy (non-hydrogen) atoms. The van der Waals surface area contributed by atoms with Gasteiger partial charge >= 0.3 is 0 Å². The molecule has 1 amide bonds. The van der Waals surface area contributed by atoms with Gasteiger partial charge in [0.2, 0.25) is 6.79 Å². The molecular formula is C22H22N4O3. The van der Waals surface area contributed by atoms with E-state index in [1.54, 1.807) is 6.07 Å². The molecule has 1 fully saturated rings. The molecule has 0 aliphatic carbocycles. The summed E-state index contributed by atoms with van der Waals surface area (Å²) < 4.78 is 10.7. The summed E-state index contributed by atoms with van der Waals surface area (Å²) in [6.45, 7) is 2.40. The number of aromatic amines is 1. The zero-order valence-electron chi connectivity index (χ0n) is 16.0. The number of nitrogens with zero attached hydrogens (tertiary/aromatic N) is 2. The molecule has 0 spiro atoms. The molecule has 3 aromatic rings. The summed E-state index contributed by atoms with van der Waals surface area (Å²) in [5.74, 6) is 1.80. The van der Waals surface area contributed by atoms with Crippen LogP contribution >= 0.6 is 0 Å². The molecule has 0 unspecified atom stereocenters. The lowest BCUT2D eigenvalue weighted by Crippen LogP contribution is -2.29. The Labute approximate surface area is 168 Å². The molecule has 148 valence electrons. The Morgan fingerprint density at radius 3 is 2.59 bits per heavy atom. The molecule has 2 N–H and O–H groups in total. The number of piperidine rings is 1. The Morgan fingerprint density at radius 2 is 1.76 bits per heavy atom. The third kappa shape index (κ3) is 3.63. The van der Waals surface area contributed by atoms with Gasteiger partial charge in [0.25, 0.3) is 5.91 Å². The van der Waals surface area contributed by atoms with Gasteiger partial charge in [-0.25, -0.2) is 0 Å². The first-order valence-corrected chi connectivity index (χ1v) is 9.88. The third-order valence-corrected chi connectivity index (χ3v) is 5.35. The first-order chi connectivity index (χ1) is 14.3. The van der Waals surface area contributed by atoms with Gasteiger partial charge in [-0.3, -0.25) is 9.89 Å². The summed E-state index contributed by atoms with van der Waals surface area (Å²) in [7, 11) is 0. The minimum absolute atomic E-state index is 0.170. The summed E-state index contributed by atoms with van der Waals surface area (Å²) in [4.78, 5) is 15.0. The average molecular weight is 390 g/mol. The normalized spacial score (nSPS) is 15.4. The number of aromatic nitrogens is 2. The number of anilines is 2. The van der Waals surface area contributed by atoms with Gasteiger partial charge in [-0.15, -0.1) is 0 Å². The van der Waals surface area contributed by atoms with E-state index >= 15 is 0 Å².